The van der Waals surface area contributed by atoms with Gasteiger partial charge in [0.05, 0.1) is 22.7 Å². The Bertz CT molecular complexity index is 422. The highest BCUT2D eigenvalue weighted by Gasteiger charge is 2.43. The molecule has 1 fully saturated rings. The van der Waals surface area contributed by atoms with Gasteiger partial charge in [0.1, 0.15) is 0 Å². The molecule has 4 nitrogen and oxygen atoms in total. The third-order valence-corrected chi connectivity index (χ3v) is 4.66. The van der Waals surface area contributed by atoms with Crippen LogP contribution in [0.25, 0.3) is 0 Å². The van der Waals surface area contributed by atoms with Crippen molar-refractivity contribution in [3.8, 4) is 0 Å². The lowest BCUT2D eigenvalue weighted by molar-refractivity contribution is -0.132. The van der Waals surface area contributed by atoms with Crippen LogP contribution in [0.15, 0.2) is 5.38 Å². The van der Waals surface area contributed by atoms with Crippen molar-refractivity contribution in [3.63, 3.8) is 0 Å². The summed E-state index contributed by atoms with van der Waals surface area (Å²) >= 11 is 1.62. The van der Waals surface area contributed by atoms with Crippen LogP contribution in [-0.4, -0.2) is 24.0 Å². The van der Waals surface area contributed by atoms with Crippen LogP contribution in [-0.2, 0) is 11.3 Å². The summed E-state index contributed by atoms with van der Waals surface area (Å²) in [5, 5.41) is 9.39. The number of amides is 1. The minimum atomic E-state index is -0.245. The van der Waals surface area contributed by atoms with Gasteiger partial charge in [0.25, 0.3) is 0 Å². The molecule has 1 amide bonds. The van der Waals surface area contributed by atoms with E-state index in [2.05, 4.69) is 29.5 Å². The molecular weight excluding hydrogens is 246 g/mol. The molecule has 2 heterocycles. The Morgan fingerprint density at radius 2 is 2.44 bits per heavy atom. The molecule has 0 aromatic carbocycles. The molecule has 1 aromatic heterocycles. The molecule has 0 saturated carbocycles. The molecule has 18 heavy (non-hydrogen) atoms. The largest absolute Gasteiger partial charge is 0.350 e. The van der Waals surface area contributed by atoms with Gasteiger partial charge in [0.2, 0.25) is 5.91 Å². The zero-order valence-electron chi connectivity index (χ0n) is 11.2. The molecule has 1 unspecified atom stereocenters. The first kappa shape index (κ1) is 13.5. The summed E-state index contributed by atoms with van der Waals surface area (Å²) in [5.41, 5.74) is 0.709. The number of carbonyl (C=O) groups is 1. The van der Waals surface area contributed by atoms with E-state index in [1.165, 1.54) is 0 Å². The molecule has 1 saturated heterocycles. The van der Waals surface area contributed by atoms with Gasteiger partial charge in [-0.05, 0) is 25.8 Å². The molecule has 2 rings (SSSR count). The minimum Gasteiger partial charge on any atom is -0.350 e. The predicted molar refractivity (Wildman–Crippen MR) is 73.5 cm³/mol. The van der Waals surface area contributed by atoms with Crippen LogP contribution in [0.4, 0.5) is 0 Å². The van der Waals surface area contributed by atoms with Gasteiger partial charge in [0, 0.05) is 11.9 Å². The van der Waals surface area contributed by atoms with E-state index in [1.54, 1.807) is 11.3 Å². The number of thiazole rings is 1. The Morgan fingerprint density at radius 1 is 1.67 bits per heavy atom. The third kappa shape index (κ3) is 2.57. The van der Waals surface area contributed by atoms with Crippen LogP contribution in [0.3, 0.4) is 0 Å². The fourth-order valence-corrected chi connectivity index (χ4v) is 3.11. The van der Waals surface area contributed by atoms with Crippen LogP contribution in [0.2, 0.25) is 0 Å². The number of nitrogens with zero attached hydrogens (tertiary/aromatic N) is 1. The minimum absolute atomic E-state index is 0.160. The Labute approximate surface area is 112 Å². The Hall–Kier alpha value is -0.940. The number of hydrogen-bond donors (Lipinski definition) is 2. The van der Waals surface area contributed by atoms with Crippen LogP contribution in [0, 0.1) is 18.3 Å². The molecule has 0 aliphatic carbocycles. The molecule has 0 bridgehead atoms. The first-order valence-corrected chi connectivity index (χ1v) is 7.32. The molecular formula is C13H21N3OS. The second-order valence-corrected chi connectivity index (χ2v) is 6.34. The van der Waals surface area contributed by atoms with Gasteiger partial charge in [-0.3, -0.25) is 4.79 Å². The lowest BCUT2D eigenvalue weighted by Gasteiger charge is -2.30. The summed E-state index contributed by atoms with van der Waals surface area (Å²) in [5.74, 6) is 0.512. The Balaban J connectivity index is 1.98. The van der Waals surface area contributed by atoms with Crippen LogP contribution in [0.1, 0.15) is 31.0 Å². The maximum atomic E-state index is 12.4. The molecule has 100 valence electrons. The zero-order chi connectivity index (χ0) is 13.2. The highest BCUT2D eigenvalue weighted by atomic mass is 32.1. The fourth-order valence-electron chi connectivity index (χ4n) is 2.50. The van der Waals surface area contributed by atoms with E-state index in [-0.39, 0.29) is 11.3 Å². The average molecular weight is 267 g/mol. The average Bonchev–Trinajstić information content (AvgIpc) is 2.95. The molecule has 5 heteroatoms. The van der Waals surface area contributed by atoms with Crippen molar-refractivity contribution in [3.05, 3.63) is 16.1 Å². The number of aryl methyl sites for hydroxylation is 1. The molecule has 0 radical (unpaired) electrons. The van der Waals surface area contributed by atoms with Gasteiger partial charge < -0.3 is 10.6 Å². The predicted octanol–water partition coefficient (Wildman–Crippen LogP) is 1.70. The molecule has 1 aliphatic heterocycles. The highest BCUT2D eigenvalue weighted by Crippen LogP contribution is 2.34. The van der Waals surface area contributed by atoms with Crippen LogP contribution >= 0.6 is 11.3 Å². The fraction of sp³-hybridized carbons (Fsp3) is 0.692. The van der Waals surface area contributed by atoms with E-state index in [4.69, 9.17) is 0 Å². The van der Waals surface area contributed by atoms with Crippen molar-refractivity contribution in [2.45, 2.75) is 33.7 Å². The first-order valence-electron chi connectivity index (χ1n) is 6.44. The van der Waals surface area contributed by atoms with E-state index in [1.807, 2.05) is 12.3 Å². The number of hydrogen-bond acceptors (Lipinski definition) is 4. The second kappa shape index (κ2) is 5.36. The summed E-state index contributed by atoms with van der Waals surface area (Å²) < 4.78 is 0. The van der Waals surface area contributed by atoms with Crippen LogP contribution in [0.5, 0.6) is 0 Å². The third-order valence-electron chi connectivity index (χ3n) is 3.84. The van der Waals surface area contributed by atoms with Gasteiger partial charge in [-0.2, -0.15) is 0 Å². The quantitative estimate of drug-likeness (QED) is 0.873. The Morgan fingerprint density at radius 3 is 2.94 bits per heavy atom. The van der Waals surface area contributed by atoms with Gasteiger partial charge in [-0.1, -0.05) is 13.8 Å². The van der Waals surface area contributed by atoms with E-state index in [9.17, 15) is 4.79 Å². The van der Waals surface area contributed by atoms with E-state index in [0.29, 0.717) is 12.5 Å². The summed E-state index contributed by atoms with van der Waals surface area (Å²) in [6, 6.07) is 0. The standard InChI is InChI=1S/C13H21N3OS/c1-9(2)13(4-5-14-8-13)12(17)15-6-11-7-18-10(3)16-11/h7,9,14H,4-6,8H2,1-3H3,(H,15,17). The highest BCUT2D eigenvalue weighted by molar-refractivity contribution is 7.09. The monoisotopic (exact) mass is 267 g/mol. The van der Waals surface area contributed by atoms with Crippen molar-refractivity contribution < 1.29 is 4.79 Å². The van der Waals surface area contributed by atoms with E-state index in [0.717, 1.165) is 30.2 Å². The maximum Gasteiger partial charge on any atom is 0.228 e. The topological polar surface area (TPSA) is 54.0 Å². The van der Waals surface area contributed by atoms with Crippen molar-refractivity contribution in [2.75, 3.05) is 13.1 Å². The normalized spacial score (nSPS) is 23.6. The summed E-state index contributed by atoms with van der Waals surface area (Å²) in [6.07, 6.45) is 0.923. The smallest absolute Gasteiger partial charge is 0.228 e. The maximum absolute atomic E-state index is 12.4. The summed E-state index contributed by atoms with van der Waals surface area (Å²) in [6.45, 7) is 8.48. The number of aromatic nitrogens is 1. The molecule has 1 aromatic rings. The second-order valence-electron chi connectivity index (χ2n) is 5.28. The molecule has 1 aliphatic rings. The van der Waals surface area contributed by atoms with Crippen LogP contribution < -0.4 is 10.6 Å². The molecule has 0 spiro atoms. The lowest BCUT2D eigenvalue weighted by Crippen LogP contribution is -2.45. The van der Waals surface area contributed by atoms with Crippen molar-refractivity contribution >= 4 is 17.2 Å². The van der Waals surface area contributed by atoms with Gasteiger partial charge in [-0.25, -0.2) is 4.98 Å². The summed E-state index contributed by atoms with van der Waals surface area (Å²) in [7, 11) is 0. The van der Waals surface area contributed by atoms with Gasteiger partial charge in [0.15, 0.2) is 0 Å². The zero-order valence-corrected chi connectivity index (χ0v) is 12.1. The van der Waals surface area contributed by atoms with Gasteiger partial charge in [-0.15, -0.1) is 11.3 Å². The van der Waals surface area contributed by atoms with E-state index < -0.39 is 0 Å². The Kier molecular flexibility index (Phi) is 4.02. The lowest BCUT2D eigenvalue weighted by atomic mass is 9.75. The summed E-state index contributed by atoms with van der Waals surface area (Å²) in [4.78, 5) is 16.8. The number of rotatable bonds is 4. The van der Waals surface area contributed by atoms with Crippen molar-refractivity contribution in [1.82, 2.24) is 15.6 Å². The van der Waals surface area contributed by atoms with Crippen molar-refractivity contribution in [1.29, 1.82) is 0 Å². The van der Waals surface area contributed by atoms with Gasteiger partial charge >= 0.3 is 0 Å². The number of nitrogens with one attached hydrogen (secondary N) is 2. The molecule has 2 N–H and O–H groups in total. The SMILES string of the molecule is Cc1nc(CNC(=O)C2(C(C)C)CCNC2)cs1. The first-order chi connectivity index (χ1) is 8.54. The van der Waals surface area contributed by atoms with Crippen molar-refractivity contribution in [2.24, 2.45) is 11.3 Å². The van der Waals surface area contributed by atoms with E-state index >= 15 is 0 Å². The number of carbonyl (C=O) groups excluding carboxylic acids is 1. The molecule has 1 atom stereocenters.